The third-order valence-corrected chi connectivity index (χ3v) is 5.08. The topological polar surface area (TPSA) is 24.9 Å². The minimum absolute atomic E-state index is 0.0684. The van der Waals surface area contributed by atoms with Crippen LogP contribution >= 0.6 is 22.9 Å². The predicted molar refractivity (Wildman–Crippen MR) is 97.3 cm³/mol. The molecule has 2 heterocycles. The van der Waals surface area contributed by atoms with Gasteiger partial charge >= 0.3 is 0 Å². The molecule has 0 saturated heterocycles. The zero-order valence-electron chi connectivity index (χ0n) is 12.8. The number of alkyl halides is 1. The monoisotopic (exact) mass is 330 g/mol. The first-order chi connectivity index (χ1) is 10.6. The molecule has 2 nitrogen and oxygen atoms in total. The van der Waals surface area contributed by atoms with Crippen LogP contribution in [-0.4, -0.2) is 11.5 Å². The Morgan fingerprint density at radius 1 is 1.23 bits per heavy atom. The Hall–Kier alpha value is -1.58. The molecule has 1 aromatic carbocycles. The Kier molecular flexibility index (Phi) is 4.65. The molecule has 3 aromatic rings. The molecule has 0 fully saturated rings. The lowest BCUT2D eigenvalue weighted by atomic mass is 10.1. The van der Waals surface area contributed by atoms with Crippen LogP contribution in [0.5, 0.6) is 0 Å². The summed E-state index contributed by atoms with van der Waals surface area (Å²) in [5, 5.41) is 7.02. The van der Waals surface area contributed by atoms with Crippen LogP contribution < -0.4 is 5.32 Å². The van der Waals surface area contributed by atoms with Gasteiger partial charge in [-0.1, -0.05) is 24.3 Å². The van der Waals surface area contributed by atoms with Gasteiger partial charge in [-0.2, -0.15) is 0 Å². The molecule has 0 aliphatic heterocycles. The van der Waals surface area contributed by atoms with E-state index in [0.717, 1.165) is 17.8 Å². The number of nitrogens with zero attached hydrogens (tertiary/aromatic N) is 1. The molecule has 0 saturated carbocycles. The number of halogens is 1. The van der Waals surface area contributed by atoms with Crippen LogP contribution in [0.2, 0.25) is 0 Å². The first-order valence-corrected chi connectivity index (χ1v) is 8.76. The van der Waals surface area contributed by atoms with E-state index in [2.05, 4.69) is 52.9 Å². The van der Waals surface area contributed by atoms with Gasteiger partial charge in [0.25, 0.3) is 0 Å². The minimum atomic E-state index is 0.0684. The number of pyridine rings is 1. The van der Waals surface area contributed by atoms with Crippen molar-refractivity contribution in [2.24, 2.45) is 0 Å². The highest BCUT2D eigenvalue weighted by atomic mass is 35.5. The zero-order valence-corrected chi connectivity index (χ0v) is 14.3. The Labute approximate surface area is 140 Å². The minimum Gasteiger partial charge on any atom is -0.384 e. The van der Waals surface area contributed by atoms with Crippen molar-refractivity contribution in [3.05, 3.63) is 58.6 Å². The summed E-state index contributed by atoms with van der Waals surface area (Å²) in [6, 6.07) is 10.6. The SMILES string of the molecule is Cc1csc2nccc(NCCc3ccc(C(C)Cl)cc3)c12. The molecule has 22 heavy (non-hydrogen) atoms. The van der Waals surface area contributed by atoms with Gasteiger partial charge in [0, 0.05) is 23.8 Å². The number of nitrogens with one attached hydrogen (secondary N) is 1. The standard InChI is InChI=1S/C18H19ClN2S/c1-12-11-22-18-17(12)16(8-10-21-18)20-9-7-14-3-5-15(6-4-14)13(2)19/h3-6,8,10-11,13H,7,9H2,1-2H3,(H,20,21). The number of thiophene rings is 1. The number of benzene rings is 1. The number of hydrogen-bond donors (Lipinski definition) is 1. The third kappa shape index (κ3) is 3.26. The largest absolute Gasteiger partial charge is 0.384 e. The summed E-state index contributed by atoms with van der Waals surface area (Å²) in [7, 11) is 0. The Morgan fingerprint density at radius 3 is 2.73 bits per heavy atom. The first-order valence-electron chi connectivity index (χ1n) is 7.45. The average molecular weight is 331 g/mol. The van der Waals surface area contributed by atoms with Gasteiger partial charge < -0.3 is 5.32 Å². The van der Waals surface area contributed by atoms with E-state index in [1.807, 2.05) is 13.1 Å². The highest BCUT2D eigenvalue weighted by Gasteiger charge is 2.06. The summed E-state index contributed by atoms with van der Waals surface area (Å²) in [4.78, 5) is 5.52. The van der Waals surface area contributed by atoms with Crippen molar-refractivity contribution in [3.63, 3.8) is 0 Å². The summed E-state index contributed by atoms with van der Waals surface area (Å²) in [5.74, 6) is 0. The Balaban J connectivity index is 1.66. The molecule has 1 N–H and O–H groups in total. The van der Waals surface area contributed by atoms with Crippen LogP contribution in [0.15, 0.2) is 41.9 Å². The van der Waals surface area contributed by atoms with E-state index in [9.17, 15) is 0 Å². The van der Waals surface area contributed by atoms with Crippen LogP contribution in [0.3, 0.4) is 0 Å². The second-order valence-electron chi connectivity index (χ2n) is 5.49. The van der Waals surface area contributed by atoms with Crippen LogP contribution in [0, 0.1) is 6.92 Å². The summed E-state index contributed by atoms with van der Waals surface area (Å²) >= 11 is 7.78. The normalized spacial score (nSPS) is 12.5. The van der Waals surface area contributed by atoms with Crippen molar-refractivity contribution < 1.29 is 0 Å². The Bertz CT molecular complexity index is 762. The third-order valence-electron chi connectivity index (χ3n) is 3.83. The van der Waals surface area contributed by atoms with Crippen LogP contribution in [0.25, 0.3) is 10.2 Å². The van der Waals surface area contributed by atoms with Gasteiger partial charge in [-0.05, 0) is 48.4 Å². The lowest BCUT2D eigenvalue weighted by Crippen LogP contribution is -2.05. The molecule has 0 aliphatic rings. The molecule has 114 valence electrons. The summed E-state index contributed by atoms with van der Waals surface area (Å²) in [6.07, 6.45) is 2.86. The summed E-state index contributed by atoms with van der Waals surface area (Å²) in [5.41, 5.74) is 4.95. The van der Waals surface area contributed by atoms with E-state index in [-0.39, 0.29) is 5.38 Å². The molecule has 3 rings (SSSR count). The fourth-order valence-corrected chi connectivity index (χ4v) is 3.62. The number of hydrogen-bond acceptors (Lipinski definition) is 3. The van der Waals surface area contributed by atoms with E-state index >= 15 is 0 Å². The lowest BCUT2D eigenvalue weighted by molar-refractivity contribution is 1.01. The molecule has 0 spiro atoms. The first kappa shape index (κ1) is 15.3. The van der Waals surface area contributed by atoms with Gasteiger partial charge in [0.1, 0.15) is 4.83 Å². The maximum Gasteiger partial charge on any atom is 0.125 e. The van der Waals surface area contributed by atoms with Crippen molar-refractivity contribution in [3.8, 4) is 0 Å². The summed E-state index contributed by atoms with van der Waals surface area (Å²) < 4.78 is 0. The van der Waals surface area contributed by atoms with Gasteiger partial charge in [-0.25, -0.2) is 4.98 Å². The van der Waals surface area contributed by atoms with Crippen LogP contribution in [0.4, 0.5) is 5.69 Å². The van der Waals surface area contributed by atoms with E-state index in [1.54, 1.807) is 11.3 Å². The van der Waals surface area contributed by atoms with Gasteiger partial charge in [0.05, 0.1) is 5.38 Å². The second-order valence-corrected chi connectivity index (χ2v) is 7.00. The van der Waals surface area contributed by atoms with Crippen molar-refractivity contribution in [1.29, 1.82) is 0 Å². The van der Waals surface area contributed by atoms with Gasteiger partial charge in [-0.3, -0.25) is 0 Å². The average Bonchev–Trinajstić information content (AvgIpc) is 2.90. The fourth-order valence-electron chi connectivity index (χ4n) is 2.55. The number of anilines is 1. The van der Waals surface area contributed by atoms with Crippen molar-refractivity contribution in [1.82, 2.24) is 4.98 Å². The van der Waals surface area contributed by atoms with Gasteiger partial charge in [0.2, 0.25) is 0 Å². The fraction of sp³-hybridized carbons (Fsp3) is 0.278. The van der Waals surface area contributed by atoms with E-state index < -0.39 is 0 Å². The molecule has 0 radical (unpaired) electrons. The molecule has 0 amide bonds. The van der Waals surface area contributed by atoms with Crippen molar-refractivity contribution in [2.45, 2.75) is 25.6 Å². The van der Waals surface area contributed by atoms with Crippen LogP contribution in [-0.2, 0) is 6.42 Å². The van der Waals surface area contributed by atoms with Gasteiger partial charge in [-0.15, -0.1) is 22.9 Å². The predicted octanol–water partition coefficient (Wildman–Crippen LogP) is 5.56. The maximum absolute atomic E-state index is 6.08. The summed E-state index contributed by atoms with van der Waals surface area (Å²) in [6.45, 7) is 5.04. The van der Waals surface area contributed by atoms with E-state index in [0.29, 0.717) is 0 Å². The highest BCUT2D eigenvalue weighted by Crippen LogP contribution is 2.29. The Morgan fingerprint density at radius 2 is 2.00 bits per heavy atom. The molecule has 0 aliphatic carbocycles. The molecular formula is C18H19ClN2S. The van der Waals surface area contributed by atoms with Crippen molar-refractivity contribution >= 4 is 38.8 Å². The number of aromatic nitrogens is 1. The number of rotatable bonds is 5. The number of fused-ring (bicyclic) bond motifs is 1. The molecular weight excluding hydrogens is 312 g/mol. The molecule has 4 heteroatoms. The highest BCUT2D eigenvalue weighted by molar-refractivity contribution is 7.17. The van der Waals surface area contributed by atoms with E-state index in [4.69, 9.17) is 11.6 Å². The lowest BCUT2D eigenvalue weighted by Gasteiger charge is -2.09. The number of aryl methyl sites for hydroxylation is 1. The zero-order chi connectivity index (χ0) is 15.5. The van der Waals surface area contributed by atoms with Crippen molar-refractivity contribution in [2.75, 3.05) is 11.9 Å². The van der Waals surface area contributed by atoms with Crippen LogP contribution in [0.1, 0.15) is 29.0 Å². The molecule has 1 unspecified atom stereocenters. The molecule has 1 atom stereocenters. The van der Waals surface area contributed by atoms with E-state index in [1.165, 1.54) is 27.8 Å². The molecule has 2 aromatic heterocycles. The van der Waals surface area contributed by atoms with Gasteiger partial charge in [0.15, 0.2) is 0 Å². The quantitative estimate of drug-likeness (QED) is 0.619. The second kappa shape index (κ2) is 6.67. The maximum atomic E-state index is 6.08. The smallest absolute Gasteiger partial charge is 0.125 e. The molecule has 0 bridgehead atoms.